The number of nitrogens with zero attached hydrogens (tertiary/aromatic N) is 1. The molecule has 0 aromatic heterocycles. The normalized spacial score (nSPS) is 29.3. The third-order valence-electron chi connectivity index (χ3n) is 6.14. The van der Waals surface area contributed by atoms with Crippen molar-refractivity contribution in [2.45, 2.75) is 41.7 Å². The van der Waals surface area contributed by atoms with Crippen LogP contribution in [0.4, 0.5) is 0 Å². The average molecular weight is 446 g/mol. The fourth-order valence-electron chi connectivity index (χ4n) is 4.59. The standard InChI is InChI=1S/C19H27NO7S2/c1-14-3-4-16(25-2)17(11-14)29(23,24)18-13-28(21,22)12-15(18)20-7-5-19(6-8-20)26-9-10-27-19/h3-4,11,15,18H,5-10,12-13H2,1-2H3/t15-,18+/m0/s1. The van der Waals surface area contributed by atoms with E-state index in [0.717, 1.165) is 5.56 Å². The van der Waals surface area contributed by atoms with Crippen molar-refractivity contribution in [3.63, 3.8) is 0 Å². The molecule has 2 atom stereocenters. The van der Waals surface area contributed by atoms with Crippen molar-refractivity contribution in [2.24, 2.45) is 0 Å². The first-order valence-electron chi connectivity index (χ1n) is 9.77. The van der Waals surface area contributed by atoms with E-state index < -0.39 is 36.8 Å². The number of piperidine rings is 1. The molecule has 3 saturated heterocycles. The summed E-state index contributed by atoms with van der Waals surface area (Å²) in [6.45, 7) is 3.99. The van der Waals surface area contributed by atoms with Crippen molar-refractivity contribution in [2.75, 3.05) is 44.9 Å². The summed E-state index contributed by atoms with van der Waals surface area (Å²) in [5, 5.41) is -1.03. The summed E-state index contributed by atoms with van der Waals surface area (Å²) < 4.78 is 68.8. The van der Waals surface area contributed by atoms with Gasteiger partial charge in [0.05, 0.1) is 37.1 Å². The number of sulfone groups is 2. The van der Waals surface area contributed by atoms with E-state index in [2.05, 4.69) is 0 Å². The van der Waals surface area contributed by atoms with Gasteiger partial charge in [0.1, 0.15) is 10.6 Å². The van der Waals surface area contributed by atoms with E-state index in [1.807, 2.05) is 4.90 Å². The fourth-order valence-corrected chi connectivity index (χ4v) is 9.66. The maximum absolute atomic E-state index is 13.5. The molecule has 1 aromatic rings. The van der Waals surface area contributed by atoms with E-state index in [-0.39, 0.29) is 22.2 Å². The summed E-state index contributed by atoms with van der Waals surface area (Å²) in [4.78, 5) is 2.04. The highest BCUT2D eigenvalue weighted by Crippen LogP contribution is 2.37. The van der Waals surface area contributed by atoms with Gasteiger partial charge in [-0.3, -0.25) is 4.90 Å². The Morgan fingerprint density at radius 2 is 1.79 bits per heavy atom. The van der Waals surface area contributed by atoms with Gasteiger partial charge in [0.25, 0.3) is 0 Å². The van der Waals surface area contributed by atoms with E-state index in [0.29, 0.717) is 39.1 Å². The number of ether oxygens (including phenoxy) is 3. The van der Waals surface area contributed by atoms with Crippen LogP contribution in [0, 0.1) is 6.92 Å². The molecule has 10 heteroatoms. The molecule has 0 saturated carbocycles. The van der Waals surface area contributed by atoms with Crippen LogP contribution in [0.15, 0.2) is 23.1 Å². The predicted molar refractivity (Wildman–Crippen MR) is 107 cm³/mol. The Kier molecular flexibility index (Phi) is 5.44. The molecule has 162 valence electrons. The van der Waals surface area contributed by atoms with Crippen LogP contribution in [0.2, 0.25) is 0 Å². The molecule has 29 heavy (non-hydrogen) atoms. The highest BCUT2D eigenvalue weighted by molar-refractivity contribution is 7.96. The van der Waals surface area contributed by atoms with Crippen molar-refractivity contribution in [3.8, 4) is 5.75 Å². The number of hydrogen-bond donors (Lipinski definition) is 0. The van der Waals surface area contributed by atoms with Gasteiger partial charge in [-0.1, -0.05) is 6.07 Å². The van der Waals surface area contributed by atoms with Gasteiger partial charge in [-0.15, -0.1) is 0 Å². The first kappa shape index (κ1) is 21.0. The van der Waals surface area contributed by atoms with E-state index in [1.165, 1.54) is 7.11 Å². The largest absolute Gasteiger partial charge is 0.495 e. The maximum Gasteiger partial charge on any atom is 0.187 e. The molecular weight excluding hydrogens is 418 g/mol. The van der Waals surface area contributed by atoms with Gasteiger partial charge < -0.3 is 14.2 Å². The van der Waals surface area contributed by atoms with E-state index in [1.54, 1.807) is 25.1 Å². The van der Waals surface area contributed by atoms with Crippen LogP contribution in [0.3, 0.4) is 0 Å². The van der Waals surface area contributed by atoms with Crippen molar-refractivity contribution < 1.29 is 31.0 Å². The number of benzene rings is 1. The first-order chi connectivity index (χ1) is 13.7. The first-order valence-corrected chi connectivity index (χ1v) is 13.1. The SMILES string of the molecule is COc1ccc(C)cc1S(=O)(=O)[C@@H]1CS(=O)(=O)C[C@@H]1N1CCC2(CC1)OCCO2. The summed E-state index contributed by atoms with van der Waals surface area (Å²) in [7, 11) is -5.96. The molecule has 3 fully saturated rings. The van der Waals surface area contributed by atoms with Crippen LogP contribution in [-0.4, -0.2) is 83.7 Å². The zero-order valence-electron chi connectivity index (χ0n) is 16.7. The Morgan fingerprint density at radius 1 is 1.14 bits per heavy atom. The highest BCUT2D eigenvalue weighted by atomic mass is 32.2. The van der Waals surface area contributed by atoms with Gasteiger partial charge in [-0.25, -0.2) is 16.8 Å². The van der Waals surface area contributed by atoms with Crippen molar-refractivity contribution in [1.29, 1.82) is 0 Å². The molecule has 0 aliphatic carbocycles. The number of aryl methyl sites for hydroxylation is 1. The molecule has 3 heterocycles. The molecule has 8 nitrogen and oxygen atoms in total. The fraction of sp³-hybridized carbons (Fsp3) is 0.684. The van der Waals surface area contributed by atoms with Crippen LogP contribution >= 0.6 is 0 Å². The number of methoxy groups -OCH3 is 1. The number of rotatable bonds is 4. The maximum atomic E-state index is 13.5. The van der Waals surface area contributed by atoms with Crippen LogP contribution < -0.4 is 4.74 Å². The lowest BCUT2D eigenvalue weighted by molar-refractivity contribution is -0.187. The third kappa shape index (κ3) is 3.93. The molecule has 0 N–H and O–H groups in total. The molecule has 0 amide bonds. The highest BCUT2D eigenvalue weighted by Gasteiger charge is 2.51. The molecule has 0 bridgehead atoms. The Morgan fingerprint density at radius 3 is 2.41 bits per heavy atom. The second kappa shape index (κ2) is 7.49. The van der Waals surface area contributed by atoms with E-state index in [4.69, 9.17) is 14.2 Å². The number of likely N-dealkylation sites (tertiary alicyclic amines) is 1. The van der Waals surface area contributed by atoms with Crippen LogP contribution in [-0.2, 0) is 29.1 Å². The minimum absolute atomic E-state index is 0.0584. The summed E-state index contributed by atoms with van der Waals surface area (Å²) in [5.41, 5.74) is 0.775. The summed E-state index contributed by atoms with van der Waals surface area (Å²) in [5.74, 6) is -0.878. The lowest BCUT2D eigenvalue weighted by Gasteiger charge is -2.41. The third-order valence-corrected chi connectivity index (χ3v) is 10.3. The second-order valence-electron chi connectivity index (χ2n) is 8.03. The quantitative estimate of drug-likeness (QED) is 0.671. The Balaban J connectivity index is 1.64. The van der Waals surface area contributed by atoms with E-state index in [9.17, 15) is 16.8 Å². The van der Waals surface area contributed by atoms with Crippen molar-refractivity contribution in [1.82, 2.24) is 4.90 Å². The van der Waals surface area contributed by atoms with Crippen LogP contribution in [0.1, 0.15) is 18.4 Å². The molecule has 0 unspecified atom stereocenters. The molecule has 1 spiro atoms. The zero-order valence-corrected chi connectivity index (χ0v) is 18.3. The predicted octanol–water partition coefficient (Wildman–Crippen LogP) is 0.782. The average Bonchev–Trinajstić information content (AvgIpc) is 3.27. The molecule has 3 aliphatic heterocycles. The molecule has 4 rings (SSSR count). The van der Waals surface area contributed by atoms with Crippen LogP contribution in [0.25, 0.3) is 0 Å². The minimum atomic E-state index is -3.91. The zero-order chi connectivity index (χ0) is 20.9. The lowest BCUT2D eigenvalue weighted by atomic mass is 10.0. The monoisotopic (exact) mass is 445 g/mol. The lowest BCUT2D eigenvalue weighted by Crippen LogP contribution is -2.53. The van der Waals surface area contributed by atoms with Gasteiger partial charge in [-0.2, -0.15) is 0 Å². The minimum Gasteiger partial charge on any atom is -0.495 e. The van der Waals surface area contributed by atoms with Gasteiger partial charge in [-0.05, 0) is 24.6 Å². The molecule has 3 aliphatic rings. The topological polar surface area (TPSA) is 99.2 Å². The summed E-state index contributed by atoms with van der Waals surface area (Å²) in [6.07, 6.45) is 1.20. The van der Waals surface area contributed by atoms with Gasteiger partial charge in [0.15, 0.2) is 25.5 Å². The van der Waals surface area contributed by atoms with Crippen molar-refractivity contribution in [3.05, 3.63) is 23.8 Å². The van der Waals surface area contributed by atoms with Gasteiger partial charge in [0.2, 0.25) is 0 Å². The Bertz CT molecular complexity index is 974. The molecule has 1 aromatic carbocycles. The summed E-state index contributed by atoms with van der Waals surface area (Å²) in [6, 6.07) is 4.35. The smallest absolute Gasteiger partial charge is 0.187 e. The second-order valence-corrected chi connectivity index (χ2v) is 12.3. The summed E-state index contributed by atoms with van der Waals surface area (Å²) >= 11 is 0. The van der Waals surface area contributed by atoms with Crippen molar-refractivity contribution >= 4 is 19.7 Å². The van der Waals surface area contributed by atoms with Gasteiger partial charge >= 0.3 is 0 Å². The molecular formula is C19H27NO7S2. The molecule has 0 radical (unpaired) electrons. The number of hydrogen-bond acceptors (Lipinski definition) is 8. The van der Waals surface area contributed by atoms with Gasteiger partial charge in [0, 0.05) is 32.0 Å². The Hall–Kier alpha value is -1.20. The Labute approximate surface area is 172 Å². The van der Waals surface area contributed by atoms with Crippen LogP contribution in [0.5, 0.6) is 5.75 Å². The van der Waals surface area contributed by atoms with E-state index >= 15 is 0 Å².